The van der Waals surface area contributed by atoms with Crippen molar-refractivity contribution in [3.63, 3.8) is 0 Å². The molecule has 11 heteroatoms. The van der Waals surface area contributed by atoms with Crippen LogP contribution in [-0.2, 0) is 4.74 Å². The Morgan fingerprint density at radius 3 is 2.95 bits per heavy atom. The fourth-order valence-corrected chi connectivity index (χ4v) is 5.58. The number of nitrogens with one attached hydrogen (secondary N) is 1. The van der Waals surface area contributed by atoms with Gasteiger partial charge in [0.1, 0.15) is 23.4 Å². The van der Waals surface area contributed by atoms with Crippen LogP contribution < -0.4 is 10.2 Å². The lowest BCUT2D eigenvalue weighted by molar-refractivity contribution is -0.0366. The van der Waals surface area contributed by atoms with E-state index in [0.717, 1.165) is 35.7 Å². The third-order valence-electron chi connectivity index (χ3n) is 7.26. The first kappa shape index (κ1) is 24.0. The van der Waals surface area contributed by atoms with Crippen LogP contribution in [0.4, 0.5) is 10.2 Å². The molecular weight excluding hydrogens is 495 g/mol. The molecule has 2 saturated heterocycles. The van der Waals surface area contributed by atoms with Gasteiger partial charge >= 0.3 is 0 Å². The molecule has 0 radical (unpaired) electrons. The summed E-state index contributed by atoms with van der Waals surface area (Å²) in [5.74, 6) is 0.0841. The molecule has 6 rings (SSSR count). The fourth-order valence-electron chi connectivity index (χ4n) is 5.38. The van der Waals surface area contributed by atoms with Crippen molar-refractivity contribution >= 4 is 39.2 Å². The van der Waals surface area contributed by atoms with Crippen molar-refractivity contribution in [3.8, 4) is 17.3 Å². The number of rotatable bonds is 4. The highest BCUT2D eigenvalue weighted by molar-refractivity contribution is 6.33. The summed E-state index contributed by atoms with van der Waals surface area (Å²) in [6.07, 6.45) is 7.91. The van der Waals surface area contributed by atoms with Gasteiger partial charge in [-0.2, -0.15) is 10.4 Å². The average Bonchev–Trinajstić information content (AvgIpc) is 3.34. The van der Waals surface area contributed by atoms with Crippen molar-refractivity contribution in [2.75, 3.05) is 31.1 Å². The van der Waals surface area contributed by atoms with Gasteiger partial charge in [0.15, 0.2) is 12.0 Å². The van der Waals surface area contributed by atoms with Gasteiger partial charge in [0.05, 0.1) is 29.6 Å². The van der Waals surface area contributed by atoms with Crippen LogP contribution >= 0.6 is 11.6 Å². The molecule has 2 aliphatic rings. The van der Waals surface area contributed by atoms with Crippen molar-refractivity contribution in [1.82, 2.24) is 30.0 Å². The summed E-state index contributed by atoms with van der Waals surface area (Å²) in [6.45, 7) is 4.54. The topological polar surface area (TPSA) is 105 Å². The molecule has 2 atom stereocenters. The molecule has 0 saturated carbocycles. The van der Waals surface area contributed by atoms with E-state index in [9.17, 15) is 0 Å². The number of pyridine rings is 1. The monoisotopic (exact) mass is 520 g/mol. The summed E-state index contributed by atoms with van der Waals surface area (Å²) >= 11 is 6.65. The Morgan fingerprint density at radius 2 is 2.14 bits per heavy atom. The van der Waals surface area contributed by atoms with Gasteiger partial charge in [-0.3, -0.25) is 4.98 Å². The molecule has 4 aromatic rings. The molecule has 1 aromatic carbocycles. The minimum absolute atomic E-state index is 0.0212. The van der Waals surface area contributed by atoms with Gasteiger partial charge in [-0.25, -0.2) is 19.0 Å². The van der Waals surface area contributed by atoms with Gasteiger partial charge in [-0.05, 0) is 37.8 Å². The molecule has 3 aromatic heterocycles. The van der Waals surface area contributed by atoms with E-state index in [2.05, 4.69) is 36.3 Å². The molecule has 0 aliphatic carbocycles. The summed E-state index contributed by atoms with van der Waals surface area (Å²) < 4.78 is 24.0. The Balaban J connectivity index is 1.47. The van der Waals surface area contributed by atoms with E-state index in [1.165, 1.54) is 6.33 Å². The van der Waals surface area contributed by atoms with Gasteiger partial charge in [-0.1, -0.05) is 11.6 Å². The molecule has 190 valence electrons. The molecule has 0 amide bonds. The zero-order valence-electron chi connectivity index (χ0n) is 20.4. The number of benzene rings is 1. The van der Waals surface area contributed by atoms with Crippen LogP contribution in [0.25, 0.3) is 33.1 Å². The number of ether oxygens (including phenoxy) is 1. The maximum atomic E-state index is 16.2. The minimum Gasteiger partial charge on any atom is -0.356 e. The van der Waals surface area contributed by atoms with Gasteiger partial charge in [0, 0.05) is 54.5 Å². The molecule has 1 N–H and O–H groups in total. The number of aromatic nitrogens is 5. The van der Waals surface area contributed by atoms with Gasteiger partial charge in [0.2, 0.25) is 0 Å². The van der Waals surface area contributed by atoms with E-state index >= 15 is 4.39 Å². The Morgan fingerprint density at radius 1 is 1.24 bits per heavy atom. The fraction of sp³-hybridized carbons (Fsp3) is 0.423. The number of piperazine rings is 1. The molecule has 1 unspecified atom stereocenters. The highest BCUT2D eigenvalue weighted by atomic mass is 35.5. The van der Waals surface area contributed by atoms with Crippen molar-refractivity contribution < 1.29 is 9.13 Å². The quantitative estimate of drug-likeness (QED) is 0.418. The molecule has 0 bridgehead atoms. The maximum absolute atomic E-state index is 16.2. The van der Waals surface area contributed by atoms with Crippen molar-refractivity contribution in [3.05, 3.63) is 41.2 Å². The second-order valence-electron chi connectivity index (χ2n) is 9.54. The van der Waals surface area contributed by atoms with Gasteiger partial charge in [-0.15, -0.1) is 0 Å². The first-order valence-corrected chi connectivity index (χ1v) is 12.9. The van der Waals surface area contributed by atoms with E-state index < -0.39 is 5.82 Å². The molecule has 5 heterocycles. The lowest BCUT2D eigenvalue weighted by Crippen LogP contribution is -2.50. The predicted molar refractivity (Wildman–Crippen MR) is 139 cm³/mol. The van der Waals surface area contributed by atoms with E-state index in [4.69, 9.17) is 21.6 Å². The van der Waals surface area contributed by atoms with Crippen LogP contribution in [0.2, 0.25) is 5.02 Å². The van der Waals surface area contributed by atoms with Crippen LogP contribution in [0.3, 0.4) is 0 Å². The number of hydrogen-bond donors (Lipinski definition) is 1. The summed E-state index contributed by atoms with van der Waals surface area (Å²) in [6, 6.07) is 4.09. The van der Waals surface area contributed by atoms with E-state index in [1.807, 2.05) is 17.7 Å². The van der Waals surface area contributed by atoms with Crippen LogP contribution in [0.15, 0.2) is 24.8 Å². The largest absolute Gasteiger partial charge is 0.356 e. The highest BCUT2D eigenvalue weighted by Crippen LogP contribution is 2.40. The summed E-state index contributed by atoms with van der Waals surface area (Å²) in [4.78, 5) is 15.4. The van der Waals surface area contributed by atoms with Crippen molar-refractivity contribution in [2.24, 2.45) is 0 Å². The first-order chi connectivity index (χ1) is 18.1. The Hall–Kier alpha value is -3.39. The normalized spacial score (nSPS) is 20.4. The Kier molecular flexibility index (Phi) is 6.36. The van der Waals surface area contributed by atoms with Crippen LogP contribution in [-0.4, -0.2) is 57.0 Å². The minimum atomic E-state index is -0.529. The maximum Gasteiger partial charge on any atom is 0.175 e. The van der Waals surface area contributed by atoms with Crippen LogP contribution in [0, 0.1) is 24.1 Å². The van der Waals surface area contributed by atoms with E-state index in [-0.39, 0.29) is 23.5 Å². The second-order valence-corrected chi connectivity index (χ2v) is 9.95. The molecular formula is C26H26ClFN8O. The zero-order chi connectivity index (χ0) is 25.5. The average molecular weight is 521 g/mol. The van der Waals surface area contributed by atoms with E-state index in [0.29, 0.717) is 54.5 Å². The van der Waals surface area contributed by atoms with Gasteiger partial charge in [0.25, 0.3) is 0 Å². The molecule has 2 fully saturated rings. The zero-order valence-corrected chi connectivity index (χ0v) is 21.2. The predicted octanol–water partition coefficient (Wildman–Crippen LogP) is 4.53. The lowest BCUT2D eigenvalue weighted by Gasteiger charge is -2.34. The third-order valence-corrected chi connectivity index (χ3v) is 7.65. The molecule has 2 aliphatic heterocycles. The summed E-state index contributed by atoms with van der Waals surface area (Å²) in [5, 5.41) is 18.8. The number of hydrogen-bond acceptors (Lipinski definition) is 8. The molecule has 9 nitrogen and oxygen atoms in total. The standard InChI is InChI=1S/C26H26ClFN8O/c1-15-19(27)10-20-17(12-34-36(20)21-4-2-3-9-37-21)22(15)25-23(28)24-18(11-31-25)26(33-14-32-24)35-8-7-30-16(13-35)5-6-29/h10-12,14,16,21,30H,2-5,7-9,13H2,1H3/t16-,21?/m0/s1. The third kappa shape index (κ3) is 4.17. The van der Waals surface area contributed by atoms with Gasteiger partial charge < -0.3 is 15.0 Å². The number of halogens is 2. The SMILES string of the molecule is Cc1c(Cl)cc2c(cnn2C2CCCCO2)c1-c1ncc2c(N3CCN[C@@H](CC#N)C3)ncnc2c1F. The summed E-state index contributed by atoms with van der Waals surface area (Å²) in [5.41, 5.74) is 2.47. The number of nitrogens with zero attached hydrogens (tertiary/aromatic N) is 7. The number of fused-ring (bicyclic) bond motifs is 2. The van der Waals surface area contributed by atoms with Crippen molar-refractivity contribution in [1.29, 1.82) is 5.26 Å². The Bertz CT molecular complexity index is 1530. The lowest BCUT2D eigenvalue weighted by atomic mass is 9.99. The molecule has 37 heavy (non-hydrogen) atoms. The molecule has 0 spiro atoms. The van der Waals surface area contributed by atoms with E-state index in [1.54, 1.807) is 12.4 Å². The number of anilines is 1. The van der Waals surface area contributed by atoms with Crippen LogP contribution in [0.1, 0.15) is 37.5 Å². The first-order valence-electron chi connectivity index (χ1n) is 12.5. The number of nitriles is 1. The highest BCUT2D eigenvalue weighted by Gasteiger charge is 2.26. The second kappa shape index (κ2) is 9.82. The summed E-state index contributed by atoms with van der Waals surface area (Å²) in [7, 11) is 0. The van der Waals surface area contributed by atoms with Crippen LogP contribution in [0.5, 0.6) is 0 Å². The Labute approximate surface area is 218 Å². The smallest absolute Gasteiger partial charge is 0.175 e. The van der Waals surface area contributed by atoms with Crippen molar-refractivity contribution in [2.45, 2.75) is 44.9 Å².